The van der Waals surface area contributed by atoms with Crippen LogP contribution in [0.4, 0.5) is 13.2 Å². The van der Waals surface area contributed by atoms with Crippen molar-refractivity contribution in [1.29, 1.82) is 0 Å². The second kappa shape index (κ2) is 11.1. The third-order valence-corrected chi connectivity index (χ3v) is 6.97. The number of alkyl halides is 2. The van der Waals surface area contributed by atoms with Gasteiger partial charge < -0.3 is 10.3 Å². The highest BCUT2D eigenvalue weighted by Gasteiger charge is 2.33. The molecule has 0 aliphatic carbocycles. The Labute approximate surface area is 240 Å². The molecule has 0 saturated carbocycles. The summed E-state index contributed by atoms with van der Waals surface area (Å²) in [4.78, 5) is 0. The second-order valence-electron chi connectivity index (χ2n) is 9.13. The monoisotopic (exact) mass is 593 g/mol. The Bertz CT molecular complexity index is 1850. The maximum absolute atomic E-state index is 15.3. The van der Waals surface area contributed by atoms with Crippen molar-refractivity contribution in [2.45, 2.75) is 18.7 Å². The summed E-state index contributed by atoms with van der Waals surface area (Å²) in [6, 6.07) is 14.6. The van der Waals surface area contributed by atoms with Crippen molar-refractivity contribution in [3.05, 3.63) is 119 Å². The third kappa shape index (κ3) is 4.86. The zero-order chi connectivity index (χ0) is 29.4. The van der Waals surface area contributed by atoms with Crippen molar-refractivity contribution in [3.8, 4) is 28.1 Å². The number of halogens is 4. The number of aromatic nitrogens is 9. The molecule has 1 N–H and O–H groups in total. The van der Waals surface area contributed by atoms with Gasteiger partial charge in [0, 0.05) is 24.0 Å². The van der Waals surface area contributed by atoms with Gasteiger partial charge >= 0.3 is 6.55 Å². The van der Waals surface area contributed by atoms with Gasteiger partial charge in [0.05, 0.1) is 33.7 Å². The van der Waals surface area contributed by atoms with Crippen LogP contribution in [-0.4, -0.2) is 44.9 Å². The zero-order valence-corrected chi connectivity index (χ0v) is 22.0. The lowest BCUT2D eigenvalue weighted by Crippen LogP contribution is -2.37. The number of aliphatic hydroxyl groups excluding tert-OH is 1. The van der Waals surface area contributed by atoms with E-state index in [0.717, 1.165) is 6.20 Å². The van der Waals surface area contributed by atoms with E-state index < -0.39 is 24.5 Å². The minimum absolute atomic E-state index is 0.0206. The Kier molecular flexibility index (Phi) is 7.14. The molecule has 0 aliphatic heterocycles. The fourth-order valence-corrected chi connectivity index (χ4v) is 4.90. The lowest BCUT2D eigenvalue weighted by atomic mass is 9.97. The number of tetrazole rings is 1. The summed E-state index contributed by atoms with van der Waals surface area (Å²) < 4.78 is 45.8. The maximum Gasteiger partial charge on any atom is 0.333 e. The van der Waals surface area contributed by atoms with Gasteiger partial charge in [0.1, 0.15) is 12.4 Å². The number of aliphatic hydroxyl groups is 1. The Balaban J connectivity index is 1.47. The Morgan fingerprint density at radius 1 is 0.976 bits per heavy atom. The van der Waals surface area contributed by atoms with Crippen molar-refractivity contribution in [2.75, 3.05) is 0 Å². The molecule has 0 spiro atoms. The van der Waals surface area contributed by atoms with Crippen LogP contribution >= 0.6 is 11.6 Å². The quantitative estimate of drug-likeness (QED) is 0.203. The molecule has 15 heteroatoms. The molecular weight excluding hydrogens is 575 g/mol. The molecule has 0 radical (unpaired) electrons. The average molecular weight is 594 g/mol. The Morgan fingerprint density at radius 2 is 1.79 bits per heavy atom. The molecule has 212 valence electrons. The zero-order valence-electron chi connectivity index (χ0n) is 21.3. The fourth-order valence-electron chi connectivity index (χ4n) is 4.74. The van der Waals surface area contributed by atoms with E-state index in [4.69, 9.17) is 11.6 Å². The Hall–Kier alpha value is -5.08. The molecule has 11 nitrogen and oxygen atoms in total. The number of hydrogen-bond donors (Lipinski definition) is 1. The van der Waals surface area contributed by atoms with Crippen LogP contribution in [0.25, 0.3) is 28.1 Å². The van der Waals surface area contributed by atoms with Crippen LogP contribution in [0.5, 0.6) is 0 Å². The third-order valence-electron chi connectivity index (χ3n) is 6.68. The molecule has 2 atom stereocenters. The molecule has 0 fully saturated rings. The molecule has 2 aromatic carbocycles. The summed E-state index contributed by atoms with van der Waals surface area (Å²) in [6.45, 7) is -2.88. The van der Waals surface area contributed by atoms with Crippen molar-refractivity contribution < 1.29 is 23.0 Å². The number of rotatable bonds is 8. The van der Waals surface area contributed by atoms with Gasteiger partial charge in [0.25, 0.3) is 0 Å². The van der Waals surface area contributed by atoms with Gasteiger partial charge in [-0.2, -0.15) is 28.4 Å². The van der Waals surface area contributed by atoms with E-state index in [0.29, 0.717) is 20.5 Å². The Morgan fingerprint density at radius 3 is 2.50 bits per heavy atom. The van der Waals surface area contributed by atoms with Crippen LogP contribution in [0.1, 0.15) is 30.0 Å². The molecule has 6 aromatic rings. The first kappa shape index (κ1) is 27.1. The minimum Gasteiger partial charge on any atom is -0.618 e. The molecule has 0 saturated heterocycles. The highest BCUT2D eigenvalue weighted by molar-refractivity contribution is 6.31. The molecule has 42 heavy (non-hydrogen) atoms. The molecule has 4 heterocycles. The SMILES string of the molecule is [O-][n+]1cc(-c2c(-n3cnnn3)ccc(Cl)c2F)ccc1[C@@H]([C@@H](O)c1ccccc1)n1cc(-c2ccnn2C(F)F)cn1. The van der Waals surface area contributed by atoms with E-state index in [1.54, 1.807) is 30.3 Å². The lowest BCUT2D eigenvalue weighted by Gasteiger charge is -2.23. The van der Waals surface area contributed by atoms with Crippen molar-refractivity contribution in [2.24, 2.45) is 0 Å². The van der Waals surface area contributed by atoms with E-state index >= 15 is 4.39 Å². The van der Waals surface area contributed by atoms with E-state index in [2.05, 4.69) is 25.7 Å². The summed E-state index contributed by atoms with van der Waals surface area (Å²) in [5, 5.41) is 43.8. The van der Waals surface area contributed by atoms with Crippen LogP contribution in [0.15, 0.2) is 91.8 Å². The van der Waals surface area contributed by atoms with Gasteiger partial charge in [0.2, 0.25) is 5.69 Å². The molecule has 0 amide bonds. The summed E-state index contributed by atoms with van der Waals surface area (Å²) in [6.07, 6.45) is 5.13. The molecule has 4 aromatic heterocycles. The van der Waals surface area contributed by atoms with Crippen molar-refractivity contribution in [1.82, 2.24) is 39.8 Å². The number of nitrogens with zero attached hydrogens (tertiary/aromatic N) is 9. The van der Waals surface area contributed by atoms with Gasteiger partial charge in [-0.05, 0) is 40.3 Å². The van der Waals surface area contributed by atoms with E-state index in [1.165, 1.54) is 64.6 Å². The van der Waals surface area contributed by atoms with Gasteiger partial charge in [-0.3, -0.25) is 4.68 Å². The van der Waals surface area contributed by atoms with Crippen LogP contribution in [-0.2, 0) is 0 Å². The predicted octanol–water partition coefficient (Wildman–Crippen LogP) is 4.53. The van der Waals surface area contributed by atoms with Crippen LogP contribution in [0.2, 0.25) is 5.02 Å². The predicted molar refractivity (Wildman–Crippen MR) is 143 cm³/mol. The largest absolute Gasteiger partial charge is 0.618 e. The molecule has 6 rings (SSSR count). The maximum atomic E-state index is 15.3. The van der Waals surface area contributed by atoms with Crippen LogP contribution < -0.4 is 4.73 Å². The lowest BCUT2D eigenvalue weighted by molar-refractivity contribution is -0.616. The summed E-state index contributed by atoms with van der Waals surface area (Å²) in [5.41, 5.74) is 1.28. The first-order valence-corrected chi connectivity index (χ1v) is 12.8. The van der Waals surface area contributed by atoms with Crippen molar-refractivity contribution >= 4 is 11.6 Å². The molecular formula is C27H19ClF3N9O2. The smallest absolute Gasteiger partial charge is 0.333 e. The number of pyridine rings is 1. The van der Waals surface area contributed by atoms with E-state index in [-0.39, 0.29) is 33.2 Å². The van der Waals surface area contributed by atoms with Crippen molar-refractivity contribution in [3.63, 3.8) is 0 Å². The van der Waals surface area contributed by atoms with E-state index in [1.807, 2.05) is 0 Å². The first-order valence-electron chi connectivity index (χ1n) is 12.4. The normalized spacial score (nSPS) is 13.0. The van der Waals surface area contributed by atoms with Gasteiger partial charge in [-0.1, -0.05) is 41.9 Å². The molecule has 0 aliphatic rings. The summed E-state index contributed by atoms with van der Waals surface area (Å²) in [7, 11) is 0. The van der Waals surface area contributed by atoms with Crippen LogP contribution in [0.3, 0.4) is 0 Å². The number of hydrogen-bond acceptors (Lipinski definition) is 7. The summed E-state index contributed by atoms with van der Waals surface area (Å²) >= 11 is 6.06. The van der Waals surface area contributed by atoms with Crippen LogP contribution in [0, 0.1) is 11.0 Å². The second-order valence-corrected chi connectivity index (χ2v) is 9.53. The first-order chi connectivity index (χ1) is 20.3. The topological polar surface area (TPSA) is 126 Å². The van der Waals surface area contributed by atoms with Gasteiger partial charge in [-0.25, -0.2) is 9.07 Å². The highest BCUT2D eigenvalue weighted by atomic mass is 35.5. The molecule has 0 bridgehead atoms. The summed E-state index contributed by atoms with van der Waals surface area (Å²) in [5.74, 6) is -0.786. The minimum atomic E-state index is -2.88. The van der Waals surface area contributed by atoms with E-state index in [9.17, 15) is 19.1 Å². The molecule has 0 unspecified atom stereocenters. The fraction of sp³-hybridized carbons (Fsp3) is 0.111. The van der Waals surface area contributed by atoms with Gasteiger partial charge in [0.15, 0.2) is 18.1 Å². The van der Waals surface area contributed by atoms with Gasteiger partial charge in [-0.15, -0.1) is 5.10 Å². The standard InChI is InChI=1S/C27H19ClF3N9O2/c28-19-7-9-21(38-15-32-35-36-38)23(24(19)29)17-6-8-22(39(42)14-17)25(26(41)16-4-2-1-3-5-16)37-13-18(12-34-37)20-10-11-33-40(20)27(30)31/h1-15,25-27,41H/t25-,26-/m0/s1. The average Bonchev–Trinajstić information content (AvgIpc) is 3.78. The number of benzene rings is 2. The highest BCUT2D eigenvalue weighted by Crippen LogP contribution is 2.36.